The van der Waals surface area contributed by atoms with Crippen LogP contribution in [0.2, 0.25) is 5.02 Å². The Balaban J connectivity index is 2.11. The molecule has 2 rings (SSSR count). The van der Waals surface area contributed by atoms with Gasteiger partial charge in [-0.15, -0.1) is 0 Å². The summed E-state index contributed by atoms with van der Waals surface area (Å²) in [5.41, 5.74) is 10.9. The van der Waals surface area contributed by atoms with Crippen LogP contribution in [0.1, 0.15) is 5.82 Å². The van der Waals surface area contributed by atoms with E-state index in [1.165, 1.54) is 0 Å². The van der Waals surface area contributed by atoms with Crippen LogP contribution in [0.4, 0.5) is 11.9 Å². The fraction of sp³-hybridized carbons (Fsp3) is 0.100. The van der Waals surface area contributed by atoms with Gasteiger partial charge in [-0.3, -0.25) is 0 Å². The van der Waals surface area contributed by atoms with E-state index in [-0.39, 0.29) is 18.5 Å². The Bertz CT molecular complexity index is 560. The molecule has 0 aliphatic heterocycles. The highest BCUT2D eigenvalue weighted by Gasteiger charge is 2.06. The van der Waals surface area contributed by atoms with E-state index in [1.807, 2.05) is 6.07 Å². The number of nitrogens with two attached hydrogens (primary N) is 2. The van der Waals surface area contributed by atoms with Crippen LogP contribution in [0, 0.1) is 0 Å². The number of hydrogen-bond donors (Lipinski definition) is 2. The lowest BCUT2D eigenvalue weighted by Crippen LogP contribution is -2.09. The highest BCUT2D eigenvalue weighted by atomic mass is 79.9. The number of ether oxygens (including phenoxy) is 1. The molecular weight excluding hydrogens is 322 g/mol. The predicted octanol–water partition coefficient (Wildman–Crippen LogP) is 2.03. The lowest BCUT2D eigenvalue weighted by molar-refractivity contribution is 0.296. The van der Waals surface area contributed by atoms with Gasteiger partial charge in [0.2, 0.25) is 11.9 Å². The van der Waals surface area contributed by atoms with Gasteiger partial charge in [0.15, 0.2) is 5.82 Å². The maximum Gasteiger partial charge on any atom is 0.225 e. The van der Waals surface area contributed by atoms with Gasteiger partial charge in [-0.1, -0.05) is 27.5 Å². The molecule has 6 nitrogen and oxygen atoms in total. The number of nitrogens with zero attached hydrogens (tertiary/aromatic N) is 3. The first-order chi connectivity index (χ1) is 8.54. The van der Waals surface area contributed by atoms with Crippen molar-refractivity contribution in [3.63, 3.8) is 0 Å². The number of anilines is 2. The molecule has 0 unspecified atom stereocenters. The van der Waals surface area contributed by atoms with Crippen molar-refractivity contribution in [3.05, 3.63) is 33.5 Å². The van der Waals surface area contributed by atoms with Crippen molar-refractivity contribution in [2.24, 2.45) is 0 Å². The first-order valence-electron chi connectivity index (χ1n) is 4.88. The van der Waals surface area contributed by atoms with Gasteiger partial charge in [-0.25, -0.2) is 0 Å². The Morgan fingerprint density at radius 3 is 2.44 bits per heavy atom. The summed E-state index contributed by atoms with van der Waals surface area (Å²) in [5.74, 6) is 0.988. The molecule has 0 radical (unpaired) electrons. The molecular formula is C10H9BrClN5O. The number of halogens is 2. The molecule has 18 heavy (non-hydrogen) atoms. The van der Waals surface area contributed by atoms with E-state index in [2.05, 4.69) is 30.9 Å². The van der Waals surface area contributed by atoms with E-state index in [0.29, 0.717) is 16.6 Å². The second-order valence-corrected chi connectivity index (χ2v) is 4.65. The van der Waals surface area contributed by atoms with Crippen molar-refractivity contribution in [3.8, 4) is 5.75 Å². The molecule has 0 saturated heterocycles. The normalized spacial score (nSPS) is 10.3. The van der Waals surface area contributed by atoms with Crippen molar-refractivity contribution in [2.45, 2.75) is 6.61 Å². The third-order valence-electron chi connectivity index (χ3n) is 1.97. The van der Waals surface area contributed by atoms with E-state index in [9.17, 15) is 0 Å². The highest BCUT2D eigenvalue weighted by molar-refractivity contribution is 9.10. The monoisotopic (exact) mass is 329 g/mol. The number of benzene rings is 1. The van der Waals surface area contributed by atoms with Gasteiger partial charge in [0.05, 0.1) is 5.02 Å². The molecule has 0 amide bonds. The molecule has 8 heteroatoms. The second-order valence-electron chi connectivity index (χ2n) is 3.33. The van der Waals surface area contributed by atoms with Gasteiger partial charge in [-0.05, 0) is 18.2 Å². The number of nitrogen functional groups attached to an aromatic ring is 2. The first kappa shape index (κ1) is 12.8. The van der Waals surface area contributed by atoms with Crippen LogP contribution < -0.4 is 16.2 Å². The Labute approximate surface area is 116 Å². The van der Waals surface area contributed by atoms with Crippen molar-refractivity contribution in [2.75, 3.05) is 11.5 Å². The van der Waals surface area contributed by atoms with Crippen molar-refractivity contribution in [1.29, 1.82) is 0 Å². The second kappa shape index (κ2) is 5.36. The average Bonchev–Trinajstić information content (AvgIpc) is 2.26. The van der Waals surface area contributed by atoms with E-state index in [4.69, 9.17) is 27.8 Å². The zero-order valence-corrected chi connectivity index (χ0v) is 11.4. The maximum absolute atomic E-state index is 6.00. The van der Waals surface area contributed by atoms with Crippen LogP contribution in [-0.4, -0.2) is 15.0 Å². The molecule has 0 fully saturated rings. The van der Waals surface area contributed by atoms with Gasteiger partial charge in [-0.2, -0.15) is 15.0 Å². The van der Waals surface area contributed by atoms with Crippen molar-refractivity contribution >= 4 is 39.4 Å². The summed E-state index contributed by atoms with van der Waals surface area (Å²) in [6.45, 7) is 0.109. The summed E-state index contributed by atoms with van der Waals surface area (Å²) in [7, 11) is 0. The van der Waals surface area contributed by atoms with Crippen LogP contribution in [-0.2, 0) is 6.61 Å². The maximum atomic E-state index is 6.00. The number of rotatable bonds is 3. The van der Waals surface area contributed by atoms with Gasteiger partial charge >= 0.3 is 0 Å². The number of hydrogen-bond acceptors (Lipinski definition) is 6. The van der Waals surface area contributed by atoms with Crippen LogP contribution >= 0.6 is 27.5 Å². The third kappa shape index (κ3) is 3.21. The molecule has 0 bridgehead atoms. The van der Waals surface area contributed by atoms with Crippen LogP contribution in [0.15, 0.2) is 22.7 Å². The Kier molecular flexibility index (Phi) is 3.83. The summed E-state index contributed by atoms with van der Waals surface area (Å²) in [6, 6.07) is 5.28. The zero-order chi connectivity index (χ0) is 13.1. The van der Waals surface area contributed by atoms with E-state index in [0.717, 1.165) is 4.47 Å². The highest BCUT2D eigenvalue weighted by Crippen LogP contribution is 2.28. The largest absolute Gasteiger partial charge is 0.484 e. The van der Waals surface area contributed by atoms with Crippen molar-refractivity contribution in [1.82, 2.24) is 15.0 Å². The molecule has 1 aromatic heterocycles. The SMILES string of the molecule is Nc1nc(N)nc(COc2ccc(Br)cc2Cl)n1. The van der Waals surface area contributed by atoms with E-state index < -0.39 is 0 Å². The fourth-order valence-corrected chi connectivity index (χ4v) is 1.98. The smallest absolute Gasteiger partial charge is 0.225 e. The standard InChI is InChI=1S/C10H9BrClN5O/c11-5-1-2-7(6(12)3-5)18-4-8-15-9(13)17-10(14)16-8/h1-3H,4H2,(H4,13,14,15,16,17). The molecule has 1 heterocycles. The van der Waals surface area contributed by atoms with Crippen LogP contribution in [0.5, 0.6) is 5.75 Å². The zero-order valence-electron chi connectivity index (χ0n) is 9.10. The number of aromatic nitrogens is 3. The molecule has 0 aliphatic rings. The quantitative estimate of drug-likeness (QED) is 0.893. The summed E-state index contributed by atoms with van der Waals surface area (Å²) in [6.07, 6.45) is 0. The molecule has 2 aromatic rings. The molecule has 0 saturated carbocycles. The topological polar surface area (TPSA) is 99.9 Å². The van der Waals surface area contributed by atoms with E-state index >= 15 is 0 Å². The summed E-state index contributed by atoms with van der Waals surface area (Å²) in [5, 5.41) is 0.486. The fourth-order valence-electron chi connectivity index (χ4n) is 1.26. The Morgan fingerprint density at radius 1 is 1.17 bits per heavy atom. The van der Waals surface area contributed by atoms with Crippen LogP contribution in [0.3, 0.4) is 0 Å². The minimum atomic E-state index is 0.0583. The minimum absolute atomic E-state index is 0.0583. The molecule has 4 N–H and O–H groups in total. The molecule has 1 aromatic carbocycles. The van der Waals surface area contributed by atoms with E-state index in [1.54, 1.807) is 12.1 Å². The molecule has 94 valence electrons. The average molecular weight is 331 g/mol. The van der Waals surface area contributed by atoms with Crippen molar-refractivity contribution < 1.29 is 4.74 Å². The Morgan fingerprint density at radius 2 is 1.83 bits per heavy atom. The van der Waals surface area contributed by atoms with Gasteiger partial charge in [0, 0.05) is 4.47 Å². The van der Waals surface area contributed by atoms with Gasteiger partial charge < -0.3 is 16.2 Å². The van der Waals surface area contributed by atoms with Crippen LogP contribution in [0.25, 0.3) is 0 Å². The molecule has 0 spiro atoms. The summed E-state index contributed by atoms with van der Waals surface area (Å²) < 4.78 is 6.34. The third-order valence-corrected chi connectivity index (χ3v) is 2.76. The minimum Gasteiger partial charge on any atom is -0.484 e. The summed E-state index contributed by atoms with van der Waals surface area (Å²) >= 11 is 9.31. The molecule has 0 aliphatic carbocycles. The van der Waals surface area contributed by atoms with Gasteiger partial charge in [0.25, 0.3) is 0 Å². The lowest BCUT2D eigenvalue weighted by atomic mass is 10.3. The molecule has 0 atom stereocenters. The lowest BCUT2D eigenvalue weighted by Gasteiger charge is -2.07. The first-order valence-corrected chi connectivity index (χ1v) is 6.05. The summed E-state index contributed by atoms with van der Waals surface area (Å²) in [4.78, 5) is 11.5. The predicted molar refractivity (Wildman–Crippen MR) is 72.1 cm³/mol. The Hall–Kier alpha value is -1.60. The van der Waals surface area contributed by atoms with Gasteiger partial charge in [0.1, 0.15) is 12.4 Å².